The highest BCUT2D eigenvalue weighted by Crippen LogP contribution is 2.27. The van der Waals surface area contributed by atoms with Crippen molar-refractivity contribution in [3.05, 3.63) is 93.3 Å². The minimum Gasteiger partial charge on any atom is -0.342 e. The minimum absolute atomic E-state index is 0.0764. The predicted octanol–water partition coefficient (Wildman–Crippen LogP) is 4.75. The molecule has 0 aliphatic heterocycles. The van der Waals surface area contributed by atoms with Crippen molar-refractivity contribution in [2.75, 3.05) is 11.4 Å². The van der Waals surface area contributed by atoms with Crippen LogP contribution in [0.25, 0.3) is 11.0 Å². The van der Waals surface area contributed by atoms with Gasteiger partial charge in [0.15, 0.2) is 0 Å². The Morgan fingerprint density at radius 1 is 1.03 bits per heavy atom. The number of benzene rings is 3. The van der Waals surface area contributed by atoms with Crippen LogP contribution in [0, 0.1) is 15.2 Å². The Kier molecular flexibility index (Phi) is 7.21. The molecule has 0 aliphatic carbocycles. The van der Waals surface area contributed by atoms with Crippen molar-refractivity contribution in [1.82, 2.24) is 15.3 Å². The van der Waals surface area contributed by atoms with Crippen LogP contribution in [0.1, 0.15) is 22.0 Å². The molecule has 1 atom stereocenters. The average Bonchev–Trinajstić information content (AvgIpc) is 2.82. The highest BCUT2D eigenvalue weighted by molar-refractivity contribution is 14.1. The van der Waals surface area contributed by atoms with Gasteiger partial charge < -0.3 is 5.32 Å². The first-order chi connectivity index (χ1) is 16.7. The summed E-state index contributed by atoms with van der Waals surface area (Å²) in [6.45, 7) is -1.17. The number of fused-ring (bicyclic) bond motifs is 1. The summed E-state index contributed by atoms with van der Waals surface area (Å²) >= 11 is 1.94. The Morgan fingerprint density at radius 3 is 2.54 bits per heavy atom. The van der Waals surface area contributed by atoms with Crippen LogP contribution in [0.15, 0.2) is 71.9 Å². The minimum atomic E-state index is -4.22. The summed E-state index contributed by atoms with van der Waals surface area (Å²) in [5, 5.41) is 2.34. The quantitative estimate of drug-likeness (QED) is 0.294. The number of hydrogen-bond acceptors (Lipinski definition) is 5. The number of anilines is 1. The van der Waals surface area contributed by atoms with E-state index in [0.29, 0.717) is 15.2 Å². The van der Waals surface area contributed by atoms with Gasteiger partial charge in [-0.1, -0.05) is 12.1 Å². The van der Waals surface area contributed by atoms with Crippen LogP contribution in [-0.4, -0.2) is 31.0 Å². The zero-order valence-electron chi connectivity index (χ0n) is 17.7. The van der Waals surface area contributed by atoms with Crippen LogP contribution in [0.4, 0.5) is 18.9 Å². The van der Waals surface area contributed by atoms with E-state index in [1.807, 2.05) is 22.6 Å². The number of hydrogen-bond donors (Lipinski definition) is 2. The first-order valence-electron chi connectivity index (χ1n) is 10.0. The van der Waals surface area contributed by atoms with Gasteiger partial charge in [-0.2, -0.15) is 0 Å². The lowest BCUT2D eigenvalue weighted by Gasteiger charge is -2.19. The normalized spacial score (nSPS) is 12.3. The summed E-state index contributed by atoms with van der Waals surface area (Å²) in [7, 11) is -4.22. The van der Waals surface area contributed by atoms with Gasteiger partial charge in [-0.25, -0.2) is 21.6 Å². The van der Waals surface area contributed by atoms with Gasteiger partial charge in [0, 0.05) is 27.6 Å². The van der Waals surface area contributed by atoms with E-state index in [1.165, 1.54) is 36.7 Å². The summed E-state index contributed by atoms with van der Waals surface area (Å²) < 4.78 is 70.5. The van der Waals surface area contributed by atoms with Gasteiger partial charge in [-0.05, 0) is 59.0 Å². The molecule has 1 aromatic heterocycles. The number of nitrogens with one attached hydrogen (secondary N) is 2. The zero-order valence-corrected chi connectivity index (χ0v) is 20.6. The Morgan fingerprint density at radius 2 is 1.80 bits per heavy atom. The second-order valence-electron chi connectivity index (χ2n) is 7.32. The maximum Gasteiger partial charge on any atom is 0.264 e. The molecule has 0 bridgehead atoms. The van der Waals surface area contributed by atoms with Crippen LogP contribution >= 0.6 is 22.6 Å². The largest absolute Gasteiger partial charge is 0.342 e. The Hall–Kier alpha value is -3.26. The molecule has 2 N–H and O–H groups in total. The lowest BCUT2D eigenvalue weighted by atomic mass is 10.1. The van der Waals surface area contributed by atoms with E-state index >= 15 is 0 Å². The summed E-state index contributed by atoms with van der Waals surface area (Å²) in [5.74, 6) is -2.72. The molecule has 12 heteroatoms. The highest BCUT2D eigenvalue weighted by atomic mass is 127. The third-order valence-electron chi connectivity index (χ3n) is 5.02. The molecule has 35 heavy (non-hydrogen) atoms. The number of aromatic nitrogens is 2. The molecular weight excluding hydrogens is 596 g/mol. The zero-order chi connectivity index (χ0) is 25.2. The van der Waals surface area contributed by atoms with E-state index in [2.05, 4.69) is 20.0 Å². The molecule has 0 unspecified atom stereocenters. The number of carbonyl (C=O) groups excluding carboxylic acids is 1. The van der Waals surface area contributed by atoms with E-state index in [9.17, 15) is 26.4 Å². The first-order valence-corrected chi connectivity index (χ1v) is 12.6. The van der Waals surface area contributed by atoms with Gasteiger partial charge in [0.2, 0.25) is 0 Å². The lowest BCUT2D eigenvalue weighted by Crippen LogP contribution is -2.31. The maximum atomic E-state index is 14.1. The number of carbonyl (C=O) groups is 1. The smallest absolute Gasteiger partial charge is 0.264 e. The molecular formula is C23H16F3IN4O3S. The third kappa shape index (κ3) is 5.37. The number of nitrogens with zero attached hydrogens (tertiary/aromatic N) is 2. The van der Waals surface area contributed by atoms with Crippen LogP contribution in [-0.2, 0) is 10.0 Å². The SMILES string of the molecule is O=C(N[C@H](CF)c1ccc(F)cc1F)c1ccc(I)cc1NS(=O)(=O)c1cccc2nccnc12. The number of alkyl halides is 1. The molecule has 7 nitrogen and oxygen atoms in total. The molecule has 1 heterocycles. The van der Waals surface area contributed by atoms with Gasteiger partial charge in [0.25, 0.3) is 15.9 Å². The van der Waals surface area contributed by atoms with Crippen LogP contribution in [0.3, 0.4) is 0 Å². The fraction of sp³-hybridized carbons (Fsp3) is 0.0870. The summed E-state index contributed by atoms with van der Waals surface area (Å²) in [4.78, 5) is 21.0. The van der Waals surface area contributed by atoms with E-state index in [4.69, 9.17) is 0 Å². The molecule has 0 aliphatic rings. The summed E-state index contributed by atoms with van der Waals surface area (Å²) in [6, 6.07) is 9.96. The molecule has 3 aromatic carbocycles. The summed E-state index contributed by atoms with van der Waals surface area (Å²) in [6.07, 6.45) is 2.79. The Bertz CT molecular complexity index is 1530. The average molecular weight is 612 g/mol. The number of halogens is 4. The summed E-state index contributed by atoms with van der Waals surface area (Å²) in [5.41, 5.74) is 0.0597. The maximum absolute atomic E-state index is 14.1. The van der Waals surface area contributed by atoms with Gasteiger partial charge >= 0.3 is 0 Å². The van der Waals surface area contributed by atoms with Gasteiger partial charge in [0.1, 0.15) is 28.7 Å². The van der Waals surface area contributed by atoms with Gasteiger partial charge in [-0.3, -0.25) is 19.5 Å². The van der Waals surface area contributed by atoms with Crippen LogP contribution in [0.2, 0.25) is 0 Å². The van der Waals surface area contributed by atoms with E-state index in [0.717, 1.165) is 12.1 Å². The monoisotopic (exact) mass is 612 g/mol. The van der Waals surface area contributed by atoms with E-state index < -0.39 is 40.3 Å². The molecule has 0 radical (unpaired) electrons. The lowest BCUT2D eigenvalue weighted by molar-refractivity contribution is 0.0930. The van der Waals surface area contributed by atoms with Crippen LogP contribution in [0.5, 0.6) is 0 Å². The number of para-hydroxylation sites is 1. The van der Waals surface area contributed by atoms with Crippen molar-refractivity contribution in [2.24, 2.45) is 0 Å². The topological polar surface area (TPSA) is 101 Å². The second kappa shape index (κ2) is 10.2. The molecule has 4 rings (SSSR count). The fourth-order valence-electron chi connectivity index (χ4n) is 3.40. The number of sulfonamides is 1. The highest BCUT2D eigenvalue weighted by Gasteiger charge is 2.24. The number of rotatable bonds is 7. The van der Waals surface area contributed by atoms with Crippen molar-refractivity contribution >= 4 is 55.2 Å². The van der Waals surface area contributed by atoms with Crippen molar-refractivity contribution in [1.29, 1.82) is 0 Å². The van der Waals surface area contributed by atoms with Crippen molar-refractivity contribution in [3.8, 4) is 0 Å². The molecule has 0 fully saturated rings. The van der Waals surface area contributed by atoms with Crippen molar-refractivity contribution < 1.29 is 26.4 Å². The first kappa shape index (κ1) is 24.9. The second-order valence-corrected chi connectivity index (χ2v) is 10.2. The molecule has 1 amide bonds. The van der Waals surface area contributed by atoms with Gasteiger partial charge in [0.05, 0.1) is 22.8 Å². The van der Waals surface area contributed by atoms with E-state index in [1.54, 1.807) is 12.1 Å². The van der Waals surface area contributed by atoms with E-state index in [-0.39, 0.29) is 27.2 Å². The predicted molar refractivity (Wildman–Crippen MR) is 132 cm³/mol. The van der Waals surface area contributed by atoms with Crippen molar-refractivity contribution in [2.45, 2.75) is 10.9 Å². The standard InChI is InChI=1S/C23H16F3IN4O3S/c24-12-20(15-6-4-13(25)10-17(15)26)30-23(32)16-7-5-14(27)11-19(16)31-35(33,34)21-3-1-2-18-22(21)29-9-8-28-18/h1-11,20,31H,12H2,(H,30,32)/t20-/m1/s1. The van der Waals surface area contributed by atoms with Crippen LogP contribution < -0.4 is 10.0 Å². The molecule has 0 saturated heterocycles. The fourth-order valence-corrected chi connectivity index (χ4v) is 5.13. The molecule has 180 valence electrons. The Balaban J connectivity index is 1.68. The molecule has 0 spiro atoms. The Labute approximate surface area is 212 Å². The third-order valence-corrected chi connectivity index (χ3v) is 7.09. The molecule has 0 saturated carbocycles. The molecule has 4 aromatic rings. The number of amides is 1. The van der Waals surface area contributed by atoms with Gasteiger partial charge in [-0.15, -0.1) is 0 Å². The van der Waals surface area contributed by atoms with Crippen molar-refractivity contribution in [3.63, 3.8) is 0 Å².